The summed E-state index contributed by atoms with van der Waals surface area (Å²) in [6.45, 7) is 11.4. The first-order chi connectivity index (χ1) is 8.01. The van der Waals surface area contributed by atoms with Gasteiger partial charge in [0.1, 0.15) is 0 Å². The lowest BCUT2D eigenvalue weighted by atomic mass is 10.0. The molecule has 0 radical (unpaired) electrons. The molecule has 1 aliphatic heterocycles. The molecule has 0 unspecified atom stereocenters. The van der Waals surface area contributed by atoms with E-state index in [4.69, 9.17) is 5.26 Å². The normalized spacial score (nSPS) is 25.7. The fraction of sp³-hybridized carbons (Fsp3) is 0.692. The highest BCUT2D eigenvalue weighted by molar-refractivity contribution is 5.87. The monoisotopic (exact) mass is 235 g/mol. The van der Waals surface area contributed by atoms with Crippen LogP contribution in [0.5, 0.6) is 0 Å². The maximum atomic E-state index is 11.8. The maximum Gasteiger partial charge on any atom is 0.246 e. The molecule has 0 aromatic rings. The minimum atomic E-state index is -0.0690. The molecule has 0 aromatic carbocycles. The van der Waals surface area contributed by atoms with Crippen molar-refractivity contribution in [3.63, 3.8) is 0 Å². The van der Waals surface area contributed by atoms with Crippen molar-refractivity contribution in [3.05, 3.63) is 12.7 Å². The average molecular weight is 235 g/mol. The summed E-state index contributed by atoms with van der Waals surface area (Å²) in [4.78, 5) is 15.9. The third-order valence-electron chi connectivity index (χ3n) is 3.34. The van der Waals surface area contributed by atoms with E-state index in [9.17, 15) is 4.79 Å². The first-order valence-electron chi connectivity index (χ1n) is 6.07. The minimum Gasteiger partial charge on any atom is -0.332 e. The zero-order valence-electron chi connectivity index (χ0n) is 10.9. The number of rotatable bonds is 3. The summed E-state index contributed by atoms with van der Waals surface area (Å²) in [5, 5.41) is 8.85. The highest BCUT2D eigenvalue weighted by Crippen LogP contribution is 2.20. The second kappa shape index (κ2) is 5.83. The Labute approximate surface area is 103 Å². The quantitative estimate of drug-likeness (QED) is 0.695. The number of piperazine rings is 1. The van der Waals surface area contributed by atoms with Gasteiger partial charge in [0.15, 0.2) is 0 Å². The van der Waals surface area contributed by atoms with Crippen LogP contribution in [0.1, 0.15) is 27.2 Å². The van der Waals surface area contributed by atoms with Gasteiger partial charge in [0.05, 0.1) is 18.5 Å². The van der Waals surface area contributed by atoms with E-state index in [2.05, 4.69) is 38.3 Å². The van der Waals surface area contributed by atoms with E-state index >= 15 is 0 Å². The van der Waals surface area contributed by atoms with Gasteiger partial charge in [-0.3, -0.25) is 9.69 Å². The van der Waals surface area contributed by atoms with Gasteiger partial charge in [-0.1, -0.05) is 6.58 Å². The van der Waals surface area contributed by atoms with E-state index in [1.165, 1.54) is 6.08 Å². The molecule has 17 heavy (non-hydrogen) atoms. The van der Waals surface area contributed by atoms with E-state index in [0.29, 0.717) is 25.0 Å². The summed E-state index contributed by atoms with van der Waals surface area (Å²) in [5.74, 6) is -0.0690. The van der Waals surface area contributed by atoms with Crippen LogP contribution >= 0.6 is 0 Å². The van der Waals surface area contributed by atoms with Crippen LogP contribution in [0.4, 0.5) is 0 Å². The van der Waals surface area contributed by atoms with E-state index in [1.54, 1.807) is 4.90 Å². The topological polar surface area (TPSA) is 47.3 Å². The van der Waals surface area contributed by atoms with Crippen LogP contribution in [0, 0.1) is 11.3 Å². The van der Waals surface area contributed by atoms with E-state index < -0.39 is 0 Å². The summed E-state index contributed by atoms with van der Waals surface area (Å²) in [7, 11) is 0. The van der Waals surface area contributed by atoms with Crippen LogP contribution in [-0.2, 0) is 4.79 Å². The minimum absolute atomic E-state index is 0.0101. The third-order valence-corrected chi connectivity index (χ3v) is 3.34. The largest absolute Gasteiger partial charge is 0.332 e. The van der Waals surface area contributed by atoms with Crippen molar-refractivity contribution in [2.75, 3.05) is 13.1 Å². The Morgan fingerprint density at radius 2 is 2.24 bits per heavy atom. The van der Waals surface area contributed by atoms with Crippen molar-refractivity contribution in [1.29, 1.82) is 5.26 Å². The molecule has 0 aromatic heterocycles. The number of nitrogens with zero attached hydrogens (tertiary/aromatic N) is 3. The first kappa shape index (κ1) is 13.7. The molecular formula is C13H21N3O. The molecule has 94 valence electrons. The zero-order valence-corrected chi connectivity index (χ0v) is 10.9. The zero-order chi connectivity index (χ0) is 13.0. The molecule has 1 heterocycles. The number of carbonyl (C=O) groups excluding carboxylic acids is 1. The van der Waals surface area contributed by atoms with Gasteiger partial charge in [-0.25, -0.2) is 0 Å². The third kappa shape index (κ3) is 3.07. The van der Waals surface area contributed by atoms with Gasteiger partial charge in [-0.15, -0.1) is 0 Å². The number of hydrogen-bond acceptors (Lipinski definition) is 3. The Hall–Kier alpha value is -1.34. The molecule has 2 atom stereocenters. The summed E-state index contributed by atoms with van der Waals surface area (Å²) < 4.78 is 0. The van der Waals surface area contributed by atoms with Crippen LogP contribution in [0.25, 0.3) is 0 Å². The molecule has 0 bridgehead atoms. The Morgan fingerprint density at radius 1 is 1.59 bits per heavy atom. The van der Waals surface area contributed by atoms with Crippen LogP contribution in [0.15, 0.2) is 12.7 Å². The lowest BCUT2D eigenvalue weighted by Crippen LogP contribution is -2.60. The Balaban J connectivity index is 2.84. The van der Waals surface area contributed by atoms with E-state index in [1.807, 2.05) is 0 Å². The van der Waals surface area contributed by atoms with Gasteiger partial charge in [0, 0.05) is 25.2 Å². The lowest BCUT2D eigenvalue weighted by Gasteiger charge is -2.46. The summed E-state index contributed by atoms with van der Waals surface area (Å²) >= 11 is 0. The summed E-state index contributed by atoms with van der Waals surface area (Å²) in [5.41, 5.74) is 0. The second-order valence-corrected chi connectivity index (χ2v) is 4.85. The molecule has 0 N–H and O–H groups in total. The van der Waals surface area contributed by atoms with E-state index in [-0.39, 0.29) is 11.9 Å². The van der Waals surface area contributed by atoms with Crippen molar-refractivity contribution in [2.24, 2.45) is 0 Å². The molecule has 0 saturated carbocycles. The molecular weight excluding hydrogens is 214 g/mol. The lowest BCUT2D eigenvalue weighted by molar-refractivity contribution is -0.132. The van der Waals surface area contributed by atoms with Gasteiger partial charge in [-0.2, -0.15) is 5.26 Å². The highest BCUT2D eigenvalue weighted by atomic mass is 16.2. The predicted molar refractivity (Wildman–Crippen MR) is 67.2 cm³/mol. The van der Waals surface area contributed by atoms with Crippen LogP contribution in [0.3, 0.4) is 0 Å². The fourth-order valence-corrected chi connectivity index (χ4v) is 2.45. The molecule has 1 fully saturated rings. The van der Waals surface area contributed by atoms with Crippen molar-refractivity contribution < 1.29 is 4.79 Å². The van der Waals surface area contributed by atoms with Gasteiger partial charge in [0.2, 0.25) is 5.91 Å². The van der Waals surface area contributed by atoms with Gasteiger partial charge in [-0.05, 0) is 26.8 Å². The van der Waals surface area contributed by atoms with Crippen LogP contribution in [-0.4, -0.2) is 46.9 Å². The maximum absolute atomic E-state index is 11.8. The predicted octanol–water partition coefficient (Wildman–Crippen LogP) is 1.40. The molecule has 1 amide bonds. The average Bonchev–Trinajstić information content (AvgIpc) is 2.29. The molecule has 1 saturated heterocycles. The second-order valence-electron chi connectivity index (χ2n) is 4.85. The summed E-state index contributed by atoms with van der Waals surface area (Å²) in [6.07, 6.45) is 1.72. The Bertz CT molecular complexity index is 332. The number of carbonyl (C=O) groups is 1. The van der Waals surface area contributed by atoms with Crippen LogP contribution in [0.2, 0.25) is 0 Å². The van der Waals surface area contributed by atoms with E-state index in [0.717, 1.165) is 6.54 Å². The number of hydrogen-bond donors (Lipinski definition) is 0. The smallest absolute Gasteiger partial charge is 0.246 e. The number of nitriles is 1. The summed E-state index contributed by atoms with van der Waals surface area (Å²) in [6, 6.07) is 2.92. The molecule has 4 heteroatoms. The standard InChI is InChI=1S/C13H21N3O/c1-5-13(17)16-8-11(4)15(10(2)3)9-12(16)6-7-14/h5,10-12H,1,6,8-9H2,2-4H3/t11-,12-/m0/s1. The molecule has 0 spiro atoms. The van der Waals surface area contributed by atoms with Crippen molar-refractivity contribution in [3.8, 4) is 6.07 Å². The number of amides is 1. The van der Waals surface area contributed by atoms with Gasteiger partial charge in [0.25, 0.3) is 0 Å². The van der Waals surface area contributed by atoms with Gasteiger partial charge < -0.3 is 4.90 Å². The Kier molecular flexibility index (Phi) is 4.71. The fourth-order valence-electron chi connectivity index (χ4n) is 2.45. The molecule has 1 rings (SSSR count). The van der Waals surface area contributed by atoms with Crippen molar-refractivity contribution in [2.45, 2.75) is 45.3 Å². The van der Waals surface area contributed by atoms with Crippen molar-refractivity contribution >= 4 is 5.91 Å². The first-order valence-corrected chi connectivity index (χ1v) is 6.07. The van der Waals surface area contributed by atoms with Gasteiger partial charge >= 0.3 is 0 Å². The van der Waals surface area contributed by atoms with Crippen LogP contribution < -0.4 is 0 Å². The van der Waals surface area contributed by atoms with Crippen molar-refractivity contribution in [1.82, 2.24) is 9.80 Å². The molecule has 0 aliphatic carbocycles. The molecule has 4 nitrogen and oxygen atoms in total. The Morgan fingerprint density at radius 3 is 2.71 bits per heavy atom. The highest BCUT2D eigenvalue weighted by Gasteiger charge is 2.34. The molecule has 1 aliphatic rings. The SMILES string of the molecule is C=CC(=O)N1C[C@H](C)N(C(C)C)C[C@@H]1CC#N.